The fourth-order valence-corrected chi connectivity index (χ4v) is 5.59. The highest BCUT2D eigenvalue weighted by molar-refractivity contribution is 5.99. The summed E-state index contributed by atoms with van der Waals surface area (Å²) in [5, 5.41) is 14.5. The number of nitrogens with zero attached hydrogens (tertiary/aromatic N) is 2. The molecule has 0 aliphatic heterocycles. The van der Waals surface area contributed by atoms with Crippen LogP contribution in [0.2, 0.25) is 0 Å². The zero-order chi connectivity index (χ0) is 27.0. The third-order valence-electron chi connectivity index (χ3n) is 6.58. The van der Waals surface area contributed by atoms with Gasteiger partial charge in [0, 0.05) is 16.8 Å². The Morgan fingerprint density at radius 1 is 1.14 bits per heavy atom. The molecule has 1 fully saturated rings. The molecule has 1 amide bonds. The zero-order valence-electron chi connectivity index (χ0n) is 20.7. The molecule has 0 radical (unpaired) electrons. The van der Waals surface area contributed by atoms with Crippen LogP contribution < -0.4 is 15.4 Å². The Balaban J connectivity index is 1.75. The summed E-state index contributed by atoms with van der Waals surface area (Å²) >= 11 is 0. The van der Waals surface area contributed by atoms with Gasteiger partial charge in [-0.3, -0.25) is 9.59 Å². The first-order valence-electron chi connectivity index (χ1n) is 12.0. The summed E-state index contributed by atoms with van der Waals surface area (Å²) in [5.41, 5.74) is 1.79. The highest BCUT2D eigenvalue weighted by Crippen LogP contribution is 2.44. The Bertz CT molecular complexity index is 1290. The Morgan fingerprint density at radius 3 is 2.38 bits per heavy atom. The van der Waals surface area contributed by atoms with Crippen LogP contribution in [-0.2, 0) is 10.3 Å². The minimum Gasteiger partial charge on any atom is -0.480 e. The Hall–Kier alpha value is -3.76. The highest BCUT2D eigenvalue weighted by Gasteiger charge is 2.38. The number of aliphatic carboxylic acids is 1. The van der Waals surface area contributed by atoms with Gasteiger partial charge in [0.2, 0.25) is 5.95 Å². The molecule has 4 rings (SSSR count). The molecule has 2 aromatic carbocycles. The van der Waals surface area contributed by atoms with Gasteiger partial charge in [0.15, 0.2) is 0 Å². The monoisotopic (exact) mass is 518 g/mol. The predicted molar refractivity (Wildman–Crippen MR) is 132 cm³/mol. The number of carboxylic acids is 1. The van der Waals surface area contributed by atoms with Crippen LogP contribution in [0.15, 0.2) is 42.5 Å². The van der Waals surface area contributed by atoms with Crippen LogP contribution in [0.25, 0.3) is 11.0 Å². The molecule has 3 atom stereocenters. The Morgan fingerprint density at radius 2 is 1.78 bits per heavy atom. The third-order valence-corrected chi connectivity index (χ3v) is 6.58. The number of benzene rings is 2. The second-order valence-electron chi connectivity index (χ2n) is 10.1. The van der Waals surface area contributed by atoms with Gasteiger partial charge in [0.1, 0.15) is 12.3 Å². The second kappa shape index (κ2) is 9.95. The molecular formula is C26H29F3N4O4. The third kappa shape index (κ3) is 6.15. The first-order chi connectivity index (χ1) is 17.3. The minimum absolute atomic E-state index is 0.301. The van der Waals surface area contributed by atoms with Gasteiger partial charge >= 0.3 is 12.3 Å². The van der Waals surface area contributed by atoms with Gasteiger partial charge in [-0.2, -0.15) is 0 Å². The summed E-state index contributed by atoms with van der Waals surface area (Å²) in [4.78, 5) is 28.2. The molecule has 37 heavy (non-hydrogen) atoms. The smallest absolute Gasteiger partial charge is 0.480 e. The van der Waals surface area contributed by atoms with Crippen LogP contribution in [0, 0.1) is 11.8 Å². The number of halogens is 3. The van der Waals surface area contributed by atoms with E-state index in [4.69, 9.17) is 10.1 Å². The topological polar surface area (TPSA) is 105 Å². The summed E-state index contributed by atoms with van der Waals surface area (Å²) in [6, 6.07) is 10.4. The van der Waals surface area contributed by atoms with Crippen molar-refractivity contribution in [2.24, 2.45) is 11.8 Å². The van der Waals surface area contributed by atoms with Crippen molar-refractivity contribution in [3.63, 3.8) is 0 Å². The largest absolute Gasteiger partial charge is 0.573 e. The van der Waals surface area contributed by atoms with Crippen LogP contribution in [0.1, 0.15) is 50.4 Å². The molecule has 0 saturated heterocycles. The number of amides is 1. The summed E-state index contributed by atoms with van der Waals surface area (Å²) in [5.74, 6) is -0.603. The molecule has 0 bridgehead atoms. The fourth-order valence-electron chi connectivity index (χ4n) is 5.59. The number of ether oxygens (including phenoxy) is 1. The molecule has 8 nitrogen and oxygen atoms in total. The van der Waals surface area contributed by atoms with Crippen LogP contribution in [0.3, 0.4) is 0 Å². The van der Waals surface area contributed by atoms with Crippen LogP contribution in [0.4, 0.5) is 24.8 Å². The van der Waals surface area contributed by atoms with Crippen molar-refractivity contribution in [3.05, 3.63) is 48.0 Å². The SMILES string of the molecule is CC1C[C@@H](C)CC(C)(n2c(Nc3ccc(OC(F)(F)F)cc3)nc3ccc(C(=O)NCC(=O)O)cc32)C1. The van der Waals surface area contributed by atoms with Crippen molar-refractivity contribution in [2.75, 3.05) is 11.9 Å². The van der Waals surface area contributed by atoms with Crippen LogP contribution in [0.5, 0.6) is 5.75 Å². The fraction of sp³-hybridized carbons (Fsp3) is 0.423. The van der Waals surface area contributed by atoms with E-state index in [-0.39, 0.29) is 11.3 Å². The second-order valence-corrected chi connectivity index (χ2v) is 10.1. The van der Waals surface area contributed by atoms with E-state index in [0.717, 1.165) is 19.3 Å². The Kier molecular flexibility index (Phi) is 7.07. The quantitative estimate of drug-likeness (QED) is 0.373. The molecule has 1 heterocycles. The minimum atomic E-state index is -4.78. The van der Waals surface area contributed by atoms with E-state index >= 15 is 0 Å². The van der Waals surface area contributed by atoms with E-state index in [0.29, 0.717) is 40.1 Å². The number of rotatable bonds is 7. The van der Waals surface area contributed by atoms with Gasteiger partial charge in [-0.15, -0.1) is 13.2 Å². The molecule has 11 heteroatoms. The van der Waals surface area contributed by atoms with E-state index < -0.39 is 24.8 Å². The number of anilines is 2. The maximum absolute atomic E-state index is 12.6. The number of carbonyl (C=O) groups is 2. The summed E-state index contributed by atoms with van der Waals surface area (Å²) in [6.45, 7) is 6.04. The summed E-state index contributed by atoms with van der Waals surface area (Å²) in [7, 11) is 0. The van der Waals surface area contributed by atoms with Gasteiger partial charge in [0.25, 0.3) is 5.91 Å². The van der Waals surface area contributed by atoms with Gasteiger partial charge < -0.3 is 25.0 Å². The van der Waals surface area contributed by atoms with Crippen molar-refractivity contribution in [1.29, 1.82) is 0 Å². The van der Waals surface area contributed by atoms with E-state index in [1.54, 1.807) is 18.2 Å². The molecule has 1 saturated carbocycles. The van der Waals surface area contributed by atoms with Crippen molar-refractivity contribution >= 4 is 34.5 Å². The number of aromatic nitrogens is 2. The highest BCUT2D eigenvalue weighted by atomic mass is 19.4. The molecule has 0 spiro atoms. The molecule has 2 unspecified atom stereocenters. The van der Waals surface area contributed by atoms with Gasteiger partial charge in [-0.1, -0.05) is 13.8 Å². The number of nitrogens with one attached hydrogen (secondary N) is 2. The van der Waals surface area contributed by atoms with Gasteiger partial charge in [-0.05, 0) is 80.5 Å². The molecular weight excluding hydrogens is 489 g/mol. The summed E-state index contributed by atoms with van der Waals surface area (Å²) in [6.07, 6.45) is -1.95. The normalized spacial score (nSPS) is 22.0. The molecule has 1 aliphatic rings. The van der Waals surface area contributed by atoms with Crippen LogP contribution in [-0.4, -0.2) is 39.4 Å². The molecule has 1 aliphatic carbocycles. The Labute approximate surface area is 211 Å². The van der Waals surface area contributed by atoms with Crippen molar-refractivity contribution in [2.45, 2.75) is 51.9 Å². The zero-order valence-corrected chi connectivity index (χ0v) is 20.7. The molecule has 3 aromatic rings. The molecule has 1 aromatic heterocycles. The first-order valence-corrected chi connectivity index (χ1v) is 12.0. The number of hydrogen-bond donors (Lipinski definition) is 3. The maximum atomic E-state index is 12.6. The number of alkyl halides is 3. The standard InChI is InChI=1S/C26H29F3N4O4/c1-15-10-16(2)13-25(3,12-15)33-21-11-17(23(36)30-14-22(34)35)4-9-20(21)32-24(33)31-18-5-7-19(8-6-18)37-26(27,28)29/h4-9,11,15-16H,10,12-14H2,1-3H3,(H,30,36)(H,31,32)(H,34,35)/t15-,16?,25?/m1/s1. The van der Waals surface area contributed by atoms with E-state index in [2.05, 4.69) is 40.7 Å². The summed E-state index contributed by atoms with van der Waals surface area (Å²) < 4.78 is 43.6. The van der Waals surface area contributed by atoms with E-state index in [1.807, 2.05) is 0 Å². The van der Waals surface area contributed by atoms with Crippen LogP contribution >= 0.6 is 0 Å². The van der Waals surface area contributed by atoms with Crippen molar-refractivity contribution < 1.29 is 32.6 Å². The average Bonchev–Trinajstić information content (AvgIpc) is 3.14. The van der Waals surface area contributed by atoms with Crippen molar-refractivity contribution in [1.82, 2.24) is 14.9 Å². The molecule has 198 valence electrons. The average molecular weight is 519 g/mol. The number of carbonyl (C=O) groups excluding carboxylic acids is 1. The van der Waals surface area contributed by atoms with Gasteiger partial charge in [-0.25, -0.2) is 4.98 Å². The predicted octanol–water partition coefficient (Wildman–Crippen LogP) is 5.66. The van der Waals surface area contributed by atoms with E-state index in [1.165, 1.54) is 24.3 Å². The number of hydrogen-bond acceptors (Lipinski definition) is 5. The number of carboxylic acid groups (broad SMARTS) is 1. The maximum Gasteiger partial charge on any atom is 0.573 e. The lowest BCUT2D eigenvalue weighted by Crippen LogP contribution is -2.38. The van der Waals surface area contributed by atoms with Crippen molar-refractivity contribution in [3.8, 4) is 5.75 Å². The lowest BCUT2D eigenvalue weighted by Gasteiger charge is -2.42. The molecule has 3 N–H and O–H groups in total. The first kappa shape index (κ1) is 26.3. The van der Waals surface area contributed by atoms with Gasteiger partial charge in [0.05, 0.1) is 11.0 Å². The number of fused-ring (bicyclic) bond motifs is 1. The lowest BCUT2D eigenvalue weighted by atomic mass is 9.72. The number of imidazole rings is 1. The van der Waals surface area contributed by atoms with E-state index in [9.17, 15) is 22.8 Å². The lowest BCUT2D eigenvalue weighted by molar-refractivity contribution is -0.274.